The van der Waals surface area contributed by atoms with Crippen LogP contribution in [0.15, 0.2) is 108 Å². The quantitative estimate of drug-likeness (QED) is 0.0889. The highest BCUT2D eigenvalue weighted by Gasteiger charge is 2.64. The second-order valence-corrected chi connectivity index (χ2v) is 19.0. The Morgan fingerprint density at radius 3 is 2.30 bits per heavy atom. The lowest BCUT2D eigenvalue weighted by molar-refractivity contribution is -0.384. The monoisotopic (exact) mass is 846 g/mol. The number of amides is 2. The van der Waals surface area contributed by atoms with E-state index in [0.717, 1.165) is 86.9 Å². The highest BCUT2D eigenvalue weighted by molar-refractivity contribution is 7.90. The van der Waals surface area contributed by atoms with Gasteiger partial charge in [-0.2, -0.15) is 0 Å². The number of hydrogen-bond donors (Lipinski definition) is 3. The van der Waals surface area contributed by atoms with Gasteiger partial charge in [0.15, 0.2) is 0 Å². The van der Waals surface area contributed by atoms with Crippen LogP contribution in [-0.2, 0) is 32.6 Å². The number of carbonyl (C=O) groups is 2. The van der Waals surface area contributed by atoms with Gasteiger partial charge in [-0.15, -0.1) is 0 Å². The average Bonchev–Trinajstić information content (AvgIpc) is 3.67. The first-order valence-corrected chi connectivity index (χ1v) is 22.7. The summed E-state index contributed by atoms with van der Waals surface area (Å²) in [5, 5.41) is 18.3. The number of anilines is 2. The second-order valence-electron chi connectivity index (χ2n) is 17.3. The van der Waals surface area contributed by atoms with Crippen LogP contribution in [0, 0.1) is 32.8 Å². The molecule has 4 aliphatic rings. The minimum Gasteiger partial charge on any atom is -0.381 e. The molecule has 4 aromatic carbocycles. The number of benzene rings is 4. The number of nitrogens with one attached hydrogen (secondary N) is 3. The molecule has 2 unspecified atom stereocenters. The molecule has 13 nitrogen and oxygen atoms in total. The van der Waals surface area contributed by atoms with E-state index in [2.05, 4.69) is 69.3 Å². The van der Waals surface area contributed by atoms with Crippen molar-refractivity contribution in [3.63, 3.8) is 0 Å². The number of sulfonamides is 1. The number of nitrogens with zero attached hydrogens (tertiary/aromatic N) is 3. The number of fused-ring (bicyclic) bond motifs is 2. The number of allylic oxidation sites excluding steroid dienone is 1. The summed E-state index contributed by atoms with van der Waals surface area (Å²) in [5.74, 6) is -0.0964. The van der Waals surface area contributed by atoms with Gasteiger partial charge in [0.25, 0.3) is 21.6 Å². The molecule has 4 aromatic rings. The van der Waals surface area contributed by atoms with E-state index in [9.17, 15) is 28.1 Å². The molecule has 3 N–H and O–H groups in total. The molecular weight excluding hydrogens is 793 g/mol. The first kappa shape index (κ1) is 42.1. The normalized spacial score (nSPS) is 21.4. The Morgan fingerprint density at radius 2 is 1.59 bits per heavy atom. The van der Waals surface area contributed by atoms with E-state index in [1.54, 1.807) is 12.1 Å². The molecule has 2 bridgehead atoms. The third-order valence-electron chi connectivity index (χ3n) is 13.6. The number of rotatable bonds is 14. The summed E-state index contributed by atoms with van der Waals surface area (Å²) in [7, 11) is -4.40. The average molecular weight is 847 g/mol. The van der Waals surface area contributed by atoms with E-state index in [1.165, 1.54) is 17.7 Å². The molecule has 2 atom stereocenters. The van der Waals surface area contributed by atoms with E-state index >= 15 is 0 Å². The zero-order valence-corrected chi connectivity index (χ0v) is 35.6. The van der Waals surface area contributed by atoms with Crippen molar-refractivity contribution in [3.8, 4) is 0 Å². The second kappa shape index (κ2) is 17.4. The van der Waals surface area contributed by atoms with Gasteiger partial charge in [-0.05, 0) is 102 Å². The molecule has 2 saturated heterocycles. The molecule has 0 aromatic heterocycles. The summed E-state index contributed by atoms with van der Waals surface area (Å²) in [6.45, 7) is 10.7. The number of hydrogen-bond acceptors (Lipinski definition) is 10. The minimum atomic E-state index is -4.40. The fourth-order valence-electron chi connectivity index (χ4n) is 9.84. The Labute approximate surface area is 357 Å². The Hall–Kier alpha value is -5.57. The van der Waals surface area contributed by atoms with Gasteiger partial charge in [0.05, 0.1) is 15.2 Å². The Morgan fingerprint density at radius 1 is 0.885 bits per heavy atom. The van der Waals surface area contributed by atoms with E-state index in [4.69, 9.17) is 4.74 Å². The van der Waals surface area contributed by atoms with Gasteiger partial charge in [-0.3, -0.25) is 24.6 Å². The SMILES string of the molecule is CC1(C)C2C=C(c3ccccc3CN3CCN(c4ccc(C(=O)NS(=O)(=O)c5ccc(NCC6CCOCC6)c([N+](=O)[O-])c5)cc4)CC3)C1(C(=O)NCc1ccccc1)CC2. The Kier molecular flexibility index (Phi) is 12.0. The third-order valence-corrected chi connectivity index (χ3v) is 14.9. The van der Waals surface area contributed by atoms with Gasteiger partial charge < -0.3 is 20.3 Å². The lowest BCUT2D eigenvalue weighted by Crippen LogP contribution is -2.47. The molecule has 14 heteroatoms. The van der Waals surface area contributed by atoms with Crippen LogP contribution in [0.5, 0.6) is 0 Å². The van der Waals surface area contributed by atoms with E-state index in [0.29, 0.717) is 38.1 Å². The maximum Gasteiger partial charge on any atom is 0.293 e. The molecule has 320 valence electrons. The Bertz CT molecular complexity index is 2410. The van der Waals surface area contributed by atoms with Gasteiger partial charge >= 0.3 is 0 Å². The van der Waals surface area contributed by atoms with Gasteiger partial charge in [-0.1, -0.05) is 74.5 Å². The molecule has 2 amide bonds. The van der Waals surface area contributed by atoms with Crippen molar-refractivity contribution < 1.29 is 27.7 Å². The molecule has 2 aliphatic carbocycles. The number of carbonyl (C=O) groups excluding carboxylic acids is 2. The number of piperazine rings is 1. The van der Waals surface area contributed by atoms with Crippen LogP contribution in [-0.4, -0.2) is 76.0 Å². The standard InChI is InChI=1S/C47H54N6O7S/c1-46(2)37-18-21-47(46,45(55)49-31-33-8-4-3-5-9-33)41(28-37)40-11-7-6-10-36(40)32-51-22-24-52(25-23-51)38-14-12-35(13-15-38)44(54)50-61(58,59)39-16-17-42(43(29-39)53(56)57)48-30-34-19-26-60-27-20-34/h3-17,28-29,34,37,48H,18-27,30-32H2,1-2H3,(H,49,55)(H,50,54). The first-order valence-electron chi connectivity index (χ1n) is 21.2. The summed E-state index contributed by atoms with van der Waals surface area (Å²) >= 11 is 0. The van der Waals surface area contributed by atoms with Crippen molar-refractivity contribution in [1.29, 1.82) is 0 Å². The van der Waals surface area contributed by atoms with Crippen molar-refractivity contribution in [2.75, 3.05) is 56.2 Å². The molecule has 2 aliphatic heterocycles. The molecule has 8 rings (SSSR count). The van der Waals surface area contributed by atoms with Gasteiger partial charge in [0.1, 0.15) is 5.69 Å². The molecular formula is C47H54N6O7S. The number of ether oxygens (including phenoxy) is 1. The lowest BCUT2D eigenvalue weighted by Gasteiger charge is -2.40. The first-order chi connectivity index (χ1) is 29.4. The topological polar surface area (TPSA) is 163 Å². The molecule has 2 heterocycles. The molecule has 0 radical (unpaired) electrons. The molecule has 1 saturated carbocycles. The van der Waals surface area contributed by atoms with Crippen molar-refractivity contribution >= 4 is 44.5 Å². The van der Waals surface area contributed by atoms with Crippen molar-refractivity contribution in [2.45, 2.75) is 57.5 Å². The van der Waals surface area contributed by atoms with Crippen molar-refractivity contribution in [3.05, 3.63) is 136 Å². The van der Waals surface area contributed by atoms with E-state index in [1.807, 2.05) is 42.5 Å². The maximum absolute atomic E-state index is 14.3. The van der Waals surface area contributed by atoms with Gasteiger partial charge in [-0.25, -0.2) is 13.1 Å². The number of nitro benzene ring substituents is 1. The summed E-state index contributed by atoms with van der Waals surface area (Å²) in [6, 6.07) is 29.0. The highest BCUT2D eigenvalue weighted by atomic mass is 32.2. The zero-order valence-electron chi connectivity index (χ0n) is 34.8. The molecule has 3 fully saturated rings. The molecule has 61 heavy (non-hydrogen) atoms. The Balaban J connectivity index is 0.880. The van der Waals surface area contributed by atoms with Gasteiger partial charge in [0, 0.05) is 76.3 Å². The van der Waals surface area contributed by atoms with E-state index in [-0.39, 0.29) is 33.2 Å². The zero-order chi connectivity index (χ0) is 42.8. The highest BCUT2D eigenvalue weighted by Crippen LogP contribution is 2.68. The van der Waals surface area contributed by atoms with Crippen LogP contribution in [0.2, 0.25) is 0 Å². The molecule has 0 spiro atoms. The van der Waals surface area contributed by atoms with Crippen LogP contribution in [0.25, 0.3) is 5.57 Å². The largest absolute Gasteiger partial charge is 0.381 e. The van der Waals surface area contributed by atoms with Crippen LogP contribution < -0.4 is 20.3 Å². The summed E-state index contributed by atoms with van der Waals surface area (Å²) in [4.78, 5) is 43.0. The smallest absolute Gasteiger partial charge is 0.293 e. The number of nitro groups is 1. The van der Waals surface area contributed by atoms with Crippen LogP contribution in [0.4, 0.5) is 17.1 Å². The minimum absolute atomic E-state index is 0.104. The van der Waals surface area contributed by atoms with Gasteiger partial charge in [0.2, 0.25) is 5.91 Å². The van der Waals surface area contributed by atoms with Crippen LogP contribution in [0.3, 0.4) is 0 Å². The fourth-order valence-corrected chi connectivity index (χ4v) is 10.8. The van der Waals surface area contributed by atoms with E-state index < -0.39 is 26.3 Å². The predicted molar refractivity (Wildman–Crippen MR) is 235 cm³/mol. The lowest BCUT2D eigenvalue weighted by atomic mass is 9.63. The van der Waals surface area contributed by atoms with Crippen LogP contribution >= 0.6 is 0 Å². The van der Waals surface area contributed by atoms with Crippen LogP contribution in [0.1, 0.15) is 66.6 Å². The maximum atomic E-state index is 14.3. The predicted octanol–water partition coefficient (Wildman–Crippen LogP) is 7.01. The third kappa shape index (κ3) is 8.53. The summed E-state index contributed by atoms with van der Waals surface area (Å²) in [5.41, 5.74) is 4.68. The van der Waals surface area contributed by atoms with Crippen molar-refractivity contribution in [2.24, 2.45) is 22.7 Å². The summed E-state index contributed by atoms with van der Waals surface area (Å²) < 4.78 is 33.9. The summed E-state index contributed by atoms with van der Waals surface area (Å²) in [6.07, 6.45) is 5.88. The fraction of sp³-hybridized carbons (Fsp3) is 0.404. The van der Waals surface area contributed by atoms with Crippen molar-refractivity contribution in [1.82, 2.24) is 14.9 Å².